The number of nitrogens with zero attached hydrogens (tertiary/aromatic N) is 1. The first kappa shape index (κ1) is 11.0. The number of rotatable bonds is 4. The summed E-state index contributed by atoms with van der Waals surface area (Å²) in [6, 6.07) is 0.716. The molecule has 1 fully saturated rings. The summed E-state index contributed by atoms with van der Waals surface area (Å²) in [5.41, 5.74) is 0. The Morgan fingerprint density at radius 3 is 2.54 bits per heavy atom. The Morgan fingerprint density at radius 2 is 2.00 bits per heavy atom. The van der Waals surface area contributed by atoms with Crippen LogP contribution in [0.15, 0.2) is 0 Å². The van der Waals surface area contributed by atoms with Crippen molar-refractivity contribution in [1.82, 2.24) is 10.2 Å². The minimum Gasteiger partial charge on any atom is -0.314 e. The van der Waals surface area contributed by atoms with Crippen LogP contribution < -0.4 is 5.32 Å². The van der Waals surface area contributed by atoms with Gasteiger partial charge < -0.3 is 10.2 Å². The predicted octanol–water partition coefficient (Wildman–Crippen LogP) is 1.72. The maximum Gasteiger partial charge on any atom is 0.00679 e. The first-order valence-electron chi connectivity index (χ1n) is 5.66. The fourth-order valence-electron chi connectivity index (χ4n) is 2.07. The van der Waals surface area contributed by atoms with E-state index >= 15 is 0 Å². The van der Waals surface area contributed by atoms with E-state index in [4.69, 9.17) is 0 Å². The molecule has 1 saturated heterocycles. The Hall–Kier alpha value is -0.0800. The molecule has 0 aromatic rings. The molecule has 0 spiro atoms. The monoisotopic (exact) mass is 184 g/mol. The molecular formula is C11H24N2. The van der Waals surface area contributed by atoms with Gasteiger partial charge in [-0.05, 0) is 58.8 Å². The summed E-state index contributed by atoms with van der Waals surface area (Å²) in [5.74, 6) is 0.905. The second kappa shape index (κ2) is 5.61. The number of hydrogen-bond acceptors (Lipinski definition) is 2. The van der Waals surface area contributed by atoms with E-state index in [0.29, 0.717) is 6.04 Å². The zero-order valence-corrected chi connectivity index (χ0v) is 9.34. The van der Waals surface area contributed by atoms with Crippen LogP contribution >= 0.6 is 0 Å². The van der Waals surface area contributed by atoms with Crippen molar-refractivity contribution in [3.05, 3.63) is 0 Å². The van der Waals surface area contributed by atoms with Crippen LogP contribution in [-0.4, -0.2) is 37.6 Å². The first-order chi connectivity index (χ1) is 6.24. The van der Waals surface area contributed by atoms with Gasteiger partial charge in [0.05, 0.1) is 0 Å². The van der Waals surface area contributed by atoms with Crippen molar-refractivity contribution in [2.24, 2.45) is 5.92 Å². The predicted molar refractivity (Wildman–Crippen MR) is 58.0 cm³/mol. The molecule has 2 heteroatoms. The molecule has 0 amide bonds. The van der Waals surface area contributed by atoms with E-state index in [1.807, 2.05) is 0 Å². The van der Waals surface area contributed by atoms with E-state index in [9.17, 15) is 0 Å². The fraction of sp³-hybridized carbons (Fsp3) is 1.00. The first-order valence-corrected chi connectivity index (χ1v) is 5.66. The normalized spacial score (nSPS) is 23.3. The van der Waals surface area contributed by atoms with E-state index in [1.165, 1.54) is 38.9 Å². The molecule has 0 saturated carbocycles. The van der Waals surface area contributed by atoms with Crippen molar-refractivity contribution in [3.8, 4) is 0 Å². The molecule has 13 heavy (non-hydrogen) atoms. The lowest BCUT2D eigenvalue weighted by Gasteiger charge is -2.33. The Bertz CT molecular complexity index is 128. The third kappa shape index (κ3) is 3.65. The van der Waals surface area contributed by atoms with E-state index in [2.05, 4.69) is 31.1 Å². The van der Waals surface area contributed by atoms with Gasteiger partial charge in [-0.15, -0.1) is 0 Å². The van der Waals surface area contributed by atoms with Crippen molar-refractivity contribution in [2.45, 2.75) is 39.2 Å². The lowest BCUT2D eigenvalue weighted by molar-refractivity contribution is 0.190. The highest BCUT2D eigenvalue weighted by Crippen LogP contribution is 2.19. The summed E-state index contributed by atoms with van der Waals surface area (Å²) in [6.45, 7) is 8.30. The van der Waals surface area contributed by atoms with E-state index < -0.39 is 0 Å². The Labute approximate surface area is 82.7 Å². The zero-order chi connectivity index (χ0) is 9.68. The smallest absolute Gasteiger partial charge is 0.00679 e. The Kier molecular flexibility index (Phi) is 4.74. The highest BCUT2D eigenvalue weighted by atomic mass is 15.1. The number of likely N-dealkylation sites (tertiary alicyclic amines) is 1. The topological polar surface area (TPSA) is 15.3 Å². The molecule has 0 aromatic heterocycles. The highest BCUT2D eigenvalue weighted by Gasteiger charge is 2.21. The van der Waals surface area contributed by atoms with Crippen molar-refractivity contribution >= 4 is 0 Å². The van der Waals surface area contributed by atoms with Crippen LogP contribution in [0.1, 0.15) is 33.1 Å². The van der Waals surface area contributed by atoms with Gasteiger partial charge >= 0.3 is 0 Å². The minimum atomic E-state index is 0.716. The minimum absolute atomic E-state index is 0.716. The SMILES string of the molecule is CCCNC(C)C1CCN(C)CC1. The molecule has 1 aliphatic rings. The van der Waals surface area contributed by atoms with Crippen molar-refractivity contribution < 1.29 is 0 Å². The Balaban J connectivity index is 2.19. The van der Waals surface area contributed by atoms with Gasteiger partial charge in [-0.3, -0.25) is 0 Å². The van der Waals surface area contributed by atoms with Gasteiger partial charge in [-0.2, -0.15) is 0 Å². The molecule has 0 aromatic carbocycles. The van der Waals surface area contributed by atoms with Crippen LogP contribution in [0.25, 0.3) is 0 Å². The van der Waals surface area contributed by atoms with Crippen molar-refractivity contribution in [1.29, 1.82) is 0 Å². The van der Waals surface area contributed by atoms with Gasteiger partial charge in [0, 0.05) is 6.04 Å². The van der Waals surface area contributed by atoms with Gasteiger partial charge in [0.1, 0.15) is 0 Å². The summed E-state index contributed by atoms with van der Waals surface area (Å²) in [7, 11) is 2.22. The van der Waals surface area contributed by atoms with Gasteiger partial charge in [0.2, 0.25) is 0 Å². The largest absolute Gasteiger partial charge is 0.314 e. The molecule has 1 atom stereocenters. The summed E-state index contributed by atoms with van der Waals surface area (Å²) in [6.07, 6.45) is 3.99. The molecule has 0 bridgehead atoms. The summed E-state index contributed by atoms with van der Waals surface area (Å²) in [4.78, 5) is 2.43. The summed E-state index contributed by atoms with van der Waals surface area (Å²) >= 11 is 0. The quantitative estimate of drug-likeness (QED) is 0.715. The molecule has 1 unspecified atom stereocenters. The van der Waals surface area contributed by atoms with Crippen LogP contribution in [0.2, 0.25) is 0 Å². The lowest BCUT2D eigenvalue weighted by Crippen LogP contribution is -2.40. The van der Waals surface area contributed by atoms with Crippen LogP contribution in [0.5, 0.6) is 0 Å². The maximum absolute atomic E-state index is 3.60. The summed E-state index contributed by atoms with van der Waals surface area (Å²) < 4.78 is 0. The number of hydrogen-bond donors (Lipinski definition) is 1. The van der Waals surface area contributed by atoms with E-state index in [0.717, 1.165) is 5.92 Å². The number of nitrogens with one attached hydrogen (secondary N) is 1. The molecule has 78 valence electrons. The standard InChI is InChI=1S/C11H24N2/c1-4-7-12-10(2)11-5-8-13(3)9-6-11/h10-12H,4-9H2,1-3H3. The van der Waals surface area contributed by atoms with Gasteiger partial charge in [-0.1, -0.05) is 6.92 Å². The van der Waals surface area contributed by atoms with Crippen LogP contribution in [0.3, 0.4) is 0 Å². The molecule has 1 rings (SSSR count). The average molecular weight is 184 g/mol. The summed E-state index contributed by atoms with van der Waals surface area (Å²) in [5, 5.41) is 3.60. The fourth-order valence-corrected chi connectivity index (χ4v) is 2.07. The average Bonchev–Trinajstić information content (AvgIpc) is 2.15. The molecule has 0 aliphatic carbocycles. The second-order valence-corrected chi connectivity index (χ2v) is 4.38. The van der Waals surface area contributed by atoms with Crippen molar-refractivity contribution in [3.63, 3.8) is 0 Å². The van der Waals surface area contributed by atoms with E-state index in [-0.39, 0.29) is 0 Å². The number of piperidine rings is 1. The van der Waals surface area contributed by atoms with Gasteiger partial charge in [0.25, 0.3) is 0 Å². The Morgan fingerprint density at radius 1 is 1.38 bits per heavy atom. The second-order valence-electron chi connectivity index (χ2n) is 4.38. The van der Waals surface area contributed by atoms with Crippen LogP contribution in [0.4, 0.5) is 0 Å². The highest BCUT2D eigenvalue weighted by molar-refractivity contribution is 4.77. The lowest BCUT2D eigenvalue weighted by atomic mass is 9.90. The van der Waals surface area contributed by atoms with Crippen molar-refractivity contribution in [2.75, 3.05) is 26.7 Å². The van der Waals surface area contributed by atoms with E-state index in [1.54, 1.807) is 0 Å². The third-order valence-corrected chi connectivity index (χ3v) is 3.19. The molecule has 0 radical (unpaired) electrons. The zero-order valence-electron chi connectivity index (χ0n) is 9.34. The van der Waals surface area contributed by atoms with Gasteiger partial charge in [-0.25, -0.2) is 0 Å². The van der Waals surface area contributed by atoms with Gasteiger partial charge in [0.15, 0.2) is 0 Å². The molecule has 1 heterocycles. The van der Waals surface area contributed by atoms with Crippen LogP contribution in [-0.2, 0) is 0 Å². The molecule has 1 N–H and O–H groups in total. The van der Waals surface area contributed by atoms with Crippen LogP contribution in [0, 0.1) is 5.92 Å². The maximum atomic E-state index is 3.60. The molecular weight excluding hydrogens is 160 g/mol. The third-order valence-electron chi connectivity index (χ3n) is 3.19. The molecule has 2 nitrogen and oxygen atoms in total. The molecule has 1 aliphatic heterocycles.